The number of hydrogen-bond donors (Lipinski definition) is 1. The normalized spacial score (nSPS) is 26.6. The molecule has 4 rings (SSSR count). The molecule has 0 radical (unpaired) electrons. The molecule has 4 nitrogen and oxygen atoms in total. The highest BCUT2D eigenvalue weighted by Crippen LogP contribution is 2.39. The summed E-state index contributed by atoms with van der Waals surface area (Å²) in [7, 11) is 1.74. The predicted molar refractivity (Wildman–Crippen MR) is 83.6 cm³/mol. The zero-order valence-corrected chi connectivity index (χ0v) is 13.7. The lowest BCUT2D eigenvalue weighted by atomic mass is 9.86. The monoisotopic (exact) mass is 350 g/mol. The number of methoxy groups -OCH3 is 1. The first-order chi connectivity index (χ1) is 10.1. The quantitative estimate of drug-likeness (QED) is 0.885. The van der Waals surface area contributed by atoms with Gasteiger partial charge >= 0.3 is 0 Å². The molecule has 1 spiro atoms. The van der Waals surface area contributed by atoms with Crippen LogP contribution in [0.25, 0.3) is 0 Å². The number of fused-ring (bicyclic) bond motifs is 1. The van der Waals surface area contributed by atoms with Crippen LogP contribution in [0, 0.1) is 0 Å². The van der Waals surface area contributed by atoms with Crippen molar-refractivity contribution in [3.05, 3.63) is 27.7 Å². The number of nitrogens with one attached hydrogen (secondary N) is 1. The van der Waals surface area contributed by atoms with Crippen molar-refractivity contribution >= 4 is 21.8 Å². The van der Waals surface area contributed by atoms with Crippen molar-refractivity contribution < 1.29 is 9.53 Å². The minimum Gasteiger partial charge on any atom is -0.496 e. The minimum absolute atomic E-state index is 0.0799. The molecule has 1 atom stereocenters. The molecular weight excluding hydrogens is 332 g/mol. The molecule has 112 valence electrons. The smallest absolute Gasteiger partial charge is 0.220 e. The summed E-state index contributed by atoms with van der Waals surface area (Å²) in [5.41, 5.74) is 2.82. The Morgan fingerprint density at radius 2 is 2.19 bits per heavy atom. The fraction of sp³-hybridized carbons (Fsp3) is 0.562. The van der Waals surface area contributed by atoms with E-state index >= 15 is 0 Å². The number of likely N-dealkylation sites (tertiary alicyclic amines) is 1. The van der Waals surface area contributed by atoms with E-state index in [1.807, 2.05) is 0 Å². The third-order valence-electron chi connectivity index (χ3n) is 5.14. The molecule has 2 aliphatic heterocycles. The van der Waals surface area contributed by atoms with E-state index in [0.29, 0.717) is 12.5 Å². The number of ether oxygens (including phenoxy) is 1. The number of halogens is 1. The molecule has 1 aromatic carbocycles. The Bertz CT molecular complexity index is 611. The summed E-state index contributed by atoms with van der Waals surface area (Å²) in [6, 6.07) is 4.81. The maximum Gasteiger partial charge on any atom is 0.220 e. The van der Waals surface area contributed by atoms with Gasteiger partial charge < -0.3 is 10.1 Å². The highest BCUT2D eigenvalue weighted by Gasteiger charge is 2.50. The number of amides is 1. The predicted octanol–water partition coefficient (Wildman–Crippen LogP) is 1.89. The molecular formula is C16H19BrN2O2. The zero-order valence-electron chi connectivity index (χ0n) is 12.1. The van der Waals surface area contributed by atoms with Crippen LogP contribution in [0.1, 0.15) is 24.0 Å². The van der Waals surface area contributed by atoms with Crippen molar-refractivity contribution in [2.75, 3.05) is 20.2 Å². The highest BCUT2D eigenvalue weighted by molar-refractivity contribution is 9.10. The SMILES string of the molecule is COc1cc(Br)cc2c1C[C@H](N1CC3(CCC(=O)N3)C1)C2. The fourth-order valence-corrected chi connectivity index (χ4v) is 4.57. The first-order valence-electron chi connectivity index (χ1n) is 7.49. The van der Waals surface area contributed by atoms with Gasteiger partial charge in [0, 0.05) is 30.0 Å². The van der Waals surface area contributed by atoms with Gasteiger partial charge in [-0.1, -0.05) is 15.9 Å². The Kier molecular flexibility index (Phi) is 3.05. The number of carbonyl (C=O) groups excluding carboxylic acids is 1. The van der Waals surface area contributed by atoms with Gasteiger partial charge in [-0.25, -0.2) is 0 Å². The summed E-state index contributed by atoms with van der Waals surface area (Å²) in [6.45, 7) is 2.00. The lowest BCUT2D eigenvalue weighted by Crippen LogP contribution is -2.69. The maximum absolute atomic E-state index is 11.4. The molecule has 0 unspecified atom stereocenters. The van der Waals surface area contributed by atoms with E-state index in [0.717, 1.165) is 42.6 Å². The second kappa shape index (κ2) is 4.71. The van der Waals surface area contributed by atoms with E-state index in [1.165, 1.54) is 11.1 Å². The van der Waals surface area contributed by atoms with Crippen molar-refractivity contribution in [2.45, 2.75) is 37.3 Å². The number of hydrogen-bond acceptors (Lipinski definition) is 3. The van der Waals surface area contributed by atoms with Crippen LogP contribution in [0.15, 0.2) is 16.6 Å². The Morgan fingerprint density at radius 3 is 2.86 bits per heavy atom. The molecule has 1 aliphatic carbocycles. The molecule has 0 aromatic heterocycles. The van der Waals surface area contributed by atoms with Crippen LogP contribution in [0.2, 0.25) is 0 Å². The van der Waals surface area contributed by atoms with Gasteiger partial charge in [0.15, 0.2) is 0 Å². The summed E-state index contributed by atoms with van der Waals surface area (Å²) < 4.78 is 6.60. The first kappa shape index (κ1) is 13.6. The number of rotatable bonds is 2. The number of carbonyl (C=O) groups is 1. The zero-order chi connectivity index (χ0) is 14.6. The second-order valence-corrected chi connectivity index (χ2v) is 7.46. The third kappa shape index (κ3) is 2.18. The van der Waals surface area contributed by atoms with E-state index < -0.39 is 0 Å². The van der Waals surface area contributed by atoms with E-state index in [1.54, 1.807) is 7.11 Å². The van der Waals surface area contributed by atoms with Crippen LogP contribution in [-0.2, 0) is 17.6 Å². The van der Waals surface area contributed by atoms with E-state index in [-0.39, 0.29) is 11.4 Å². The molecule has 21 heavy (non-hydrogen) atoms. The molecule has 5 heteroatoms. The molecule has 2 heterocycles. The van der Waals surface area contributed by atoms with Gasteiger partial charge in [0.1, 0.15) is 5.75 Å². The molecule has 3 aliphatic rings. The Labute approximate surface area is 133 Å². The van der Waals surface area contributed by atoms with Crippen LogP contribution in [0.5, 0.6) is 5.75 Å². The summed E-state index contributed by atoms with van der Waals surface area (Å²) in [5, 5.41) is 3.16. The van der Waals surface area contributed by atoms with Gasteiger partial charge in [0.05, 0.1) is 12.6 Å². The van der Waals surface area contributed by atoms with Gasteiger partial charge in [-0.05, 0) is 42.5 Å². The molecule has 0 saturated carbocycles. The van der Waals surface area contributed by atoms with Crippen molar-refractivity contribution in [1.29, 1.82) is 0 Å². The molecule has 1 aromatic rings. The molecule has 1 amide bonds. The van der Waals surface area contributed by atoms with Crippen LogP contribution in [0.3, 0.4) is 0 Å². The lowest BCUT2D eigenvalue weighted by molar-refractivity contribution is -0.121. The van der Waals surface area contributed by atoms with Gasteiger partial charge in [0.2, 0.25) is 5.91 Å². The first-order valence-corrected chi connectivity index (χ1v) is 8.28. The topological polar surface area (TPSA) is 41.6 Å². The summed E-state index contributed by atoms with van der Waals surface area (Å²) >= 11 is 3.56. The second-order valence-electron chi connectivity index (χ2n) is 6.54. The summed E-state index contributed by atoms with van der Waals surface area (Å²) in [6.07, 6.45) is 3.82. The highest BCUT2D eigenvalue weighted by atomic mass is 79.9. The van der Waals surface area contributed by atoms with Crippen molar-refractivity contribution in [2.24, 2.45) is 0 Å². The fourth-order valence-electron chi connectivity index (χ4n) is 4.08. The van der Waals surface area contributed by atoms with Crippen molar-refractivity contribution in [1.82, 2.24) is 10.2 Å². The Hall–Kier alpha value is -1.07. The van der Waals surface area contributed by atoms with Crippen LogP contribution in [-0.4, -0.2) is 42.6 Å². The summed E-state index contributed by atoms with van der Waals surface area (Å²) in [5.74, 6) is 1.21. The average molecular weight is 351 g/mol. The molecule has 0 bridgehead atoms. The van der Waals surface area contributed by atoms with Gasteiger partial charge in [-0.3, -0.25) is 9.69 Å². The number of benzene rings is 1. The lowest BCUT2D eigenvalue weighted by Gasteiger charge is -2.50. The molecule has 2 saturated heterocycles. The van der Waals surface area contributed by atoms with E-state index in [2.05, 4.69) is 38.3 Å². The Balaban J connectivity index is 1.47. The average Bonchev–Trinajstić information content (AvgIpc) is 2.99. The van der Waals surface area contributed by atoms with E-state index in [9.17, 15) is 4.79 Å². The van der Waals surface area contributed by atoms with Gasteiger partial charge in [0.25, 0.3) is 0 Å². The van der Waals surface area contributed by atoms with E-state index in [4.69, 9.17) is 4.74 Å². The Morgan fingerprint density at radius 1 is 1.38 bits per heavy atom. The van der Waals surface area contributed by atoms with Gasteiger partial charge in [-0.2, -0.15) is 0 Å². The van der Waals surface area contributed by atoms with Crippen LogP contribution >= 0.6 is 15.9 Å². The van der Waals surface area contributed by atoms with Crippen molar-refractivity contribution in [3.8, 4) is 5.75 Å². The van der Waals surface area contributed by atoms with Crippen molar-refractivity contribution in [3.63, 3.8) is 0 Å². The summed E-state index contributed by atoms with van der Waals surface area (Å²) in [4.78, 5) is 13.9. The maximum atomic E-state index is 11.4. The molecule has 1 N–H and O–H groups in total. The van der Waals surface area contributed by atoms with Crippen LogP contribution in [0.4, 0.5) is 0 Å². The van der Waals surface area contributed by atoms with Gasteiger partial charge in [-0.15, -0.1) is 0 Å². The molecule has 2 fully saturated rings. The minimum atomic E-state index is 0.0799. The number of nitrogens with zero attached hydrogens (tertiary/aromatic N) is 1. The standard InChI is InChI=1S/C16H19BrN2O2/c1-21-14-6-11(17)4-10-5-12(7-13(10)14)19-8-16(9-19)3-2-15(20)18-16/h4,6,12H,2-3,5,7-9H2,1H3,(H,18,20)/t12-/m1/s1. The van der Waals surface area contributed by atoms with Crippen LogP contribution < -0.4 is 10.1 Å². The largest absolute Gasteiger partial charge is 0.496 e. The third-order valence-corrected chi connectivity index (χ3v) is 5.60.